The van der Waals surface area contributed by atoms with E-state index in [0.29, 0.717) is 0 Å². The largest absolute Gasteiger partial charge is 0.457 e. The highest BCUT2D eigenvalue weighted by atomic mass is 19.3. The summed E-state index contributed by atoms with van der Waals surface area (Å²) >= 11 is 0. The average Bonchev–Trinajstić information content (AvgIpc) is 2.65. The lowest BCUT2D eigenvalue weighted by molar-refractivity contribution is -0.0521. The monoisotopic (exact) mass is 387 g/mol. The van der Waals surface area contributed by atoms with E-state index in [1.165, 1.54) is 6.07 Å². The summed E-state index contributed by atoms with van der Waals surface area (Å²) in [4.78, 5) is 11.1. The zero-order valence-corrected chi connectivity index (χ0v) is 13.5. The molecular weight excluding hydrogens is 374 g/mol. The van der Waals surface area contributed by atoms with Crippen LogP contribution in [0.25, 0.3) is 0 Å². The Morgan fingerprint density at radius 2 is 2.07 bits per heavy atom. The van der Waals surface area contributed by atoms with E-state index in [9.17, 15) is 17.6 Å². The predicted octanol–water partition coefficient (Wildman–Crippen LogP) is 1.94. The second-order valence-electron chi connectivity index (χ2n) is 4.77. The van der Waals surface area contributed by atoms with Crippen LogP contribution in [0, 0.1) is 11.6 Å². The molecular formula is C15H13F4N5O3. The maximum atomic E-state index is 13.4. The molecule has 2 aromatic rings. The number of nitrogens with two attached hydrogens (primary N) is 1. The van der Waals surface area contributed by atoms with Crippen LogP contribution in [0.3, 0.4) is 0 Å². The van der Waals surface area contributed by atoms with Crippen molar-refractivity contribution in [3.8, 4) is 11.8 Å². The summed E-state index contributed by atoms with van der Waals surface area (Å²) in [5, 5.41) is 12.3. The normalized spacial score (nSPS) is 12.0. The number of alkyl halides is 2. The Kier molecular flexibility index (Phi) is 7.00. The van der Waals surface area contributed by atoms with Crippen molar-refractivity contribution < 1.29 is 32.1 Å². The fourth-order valence-electron chi connectivity index (χ4n) is 1.72. The van der Waals surface area contributed by atoms with Crippen molar-refractivity contribution >= 4 is 17.6 Å². The van der Waals surface area contributed by atoms with Crippen molar-refractivity contribution in [2.24, 2.45) is 15.9 Å². The molecule has 27 heavy (non-hydrogen) atoms. The van der Waals surface area contributed by atoms with Gasteiger partial charge in [-0.25, -0.2) is 13.8 Å². The number of aliphatic imine (C=N–C) groups is 1. The van der Waals surface area contributed by atoms with Crippen LogP contribution in [0.4, 0.5) is 23.2 Å². The Labute approximate surface area is 150 Å². The molecule has 0 fully saturated rings. The van der Waals surface area contributed by atoms with Crippen LogP contribution in [0.2, 0.25) is 0 Å². The van der Waals surface area contributed by atoms with Gasteiger partial charge in [0, 0.05) is 6.07 Å². The molecule has 0 spiro atoms. The minimum Gasteiger partial charge on any atom is -0.457 e. The van der Waals surface area contributed by atoms with Crippen molar-refractivity contribution in [1.82, 2.24) is 9.97 Å². The molecule has 8 nitrogen and oxygen atoms in total. The lowest BCUT2D eigenvalue weighted by atomic mass is 10.3. The van der Waals surface area contributed by atoms with Gasteiger partial charge in [-0.15, -0.1) is 0 Å². The second kappa shape index (κ2) is 9.43. The molecule has 1 aromatic heterocycles. The molecule has 0 saturated carbocycles. The van der Waals surface area contributed by atoms with Gasteiger partial charge in [0.25, 0.3) is 0 Å². The van der Waals surface area contributed by atoms with Gasteiger partial charge < -0.3 is 20.4 Å². The van der Waals surface area contributed by atoms with E-state index in [1.54, 1.807) is 0 Å². The van der Waals surface area contributed by atoms with Crippen molar-refractivity contribution in [3.05, 3.63) is 41.7 Å². The summed E-state index contributed by atoms with van der Waals surface area (Å²) in [5.41, 5.74) is -0.0827. The standard InChI is InChI=1S/C15H13F4N5O3/c16-10-2-1-8(3-13(10)27-14(18)19)21-4-9(24-20)7-26-15-22-5-11(17)12(6-25)23-15/h1-5,14,25H,6-7,20H2. The quantitative estimate of drug-likeness (QED) is 0.310. The third kappa shape index (κ3) is 5.88. The topological polar surface area (TPSA) is 115 Å². The van der Waals surface area contributed by atoms with Crippen LogP contribution in [0.15, 0.2) is 34.5 Å². The molecule has 12 heteroatoms. The highest BCUT2D eigenvalue weighted by Crippen LogP contribution is 2.25. The van der Waals surface area contributed by atoms with Crippen molar-refractivity contribution in [3.63, 3.8) is 0 Å². The van der Waals surface area contributed by atoms with Crippen molar-refractivity contribution in [1.29, 1.82) is 0 Å². The first kappa shape index (κ1) is 20.0. The molecule has 3 N–H and O–H groups in total. The van der Waals surface area contributed by atoms with E-state index in [2.05, 4.69) is 24.8 Å². The van der Waals surface area contributed by atoms with E-state index in [4.69, 9.17) is 15.7 Å². The lowest BCUT2D eigenvalue weighted by Crippen LogP contribution is -2.16. The SMILES string of the molecule is NN=C(C=Nc1ccc(F)c(OC(F)F)c1)COc1ncc(F)c(CO)n1. The minimum absolute atomic E-state index is 0.0779. The Bertz CT molecular complexity index is 848. The summed E-state index contributed by atoms with van der Waals surface area (Å²) in [6, 6.07) is 2.85. The predicted molar refractivity (Wildman–Crippen MR) is 86.2 cm³/mol. The number of ether oxygens (including phenoxy) is 2. The first-order valence-electron chi connectivity index (χ1n) is 7.23. The minimum atomic E-state index is -3.19. The molecule has 0 aliphatic carbocycles. The number of hydrogen-bond donors (Lipinski definition) is 2. The molecule has 0 bridgehead atoms. The van der Waals surface area contributed by atoms with Gasteiger partial charge in [-0.1, -0.05) is 0 Å². The number of hydrazone groups is 1. The highest BCUT2D eigenvalue weighted by Gasteiger charge is 2.11. The van der Waals surface area contributed by atoms with Gasteiger partial charge in [0.15, 0.2) is 17.4 Å². The van der Waals surface area contributed by atoms with Crippen LogP contribution < -0.4 is 15.3 Å². The lowest BCUT2D eigenvalue weighted by Gasteiger charge is -2.06. The van der Waals surface area contributed by atoms with E-state index >= 15 is 0 Å². The van der Waals surface area contributed by atoms with Crippen LogP contribution >= 0.6 is 0 Å². The van der Waals surface area contributed by atoms with E-state index < -0.39 is 30.6 Å². The van der Waals surface area contributed by atoms with Gasteiger partial charge in [-0.3, -0.25) is 4.99 Å². The maximum absolute atomic E-state index is 13.4. The van der Waals surface area contributed by atoms with Gasteiger partial charge in [0.05, 0.1) is 24.7 Å². The number of hydrogen-bond acceptors (Lipinski definition) is 8. The Morgan fingerprint density at radius 3 is 2.74 bits per heavy atom. The zero-order valence-electron chi connectivity index (χ0n) is 13.5. The number of nitrogens with zero attached hydrogens (tertiary/aromatic N) is 4. The highest BCUT2D eigenvalue weighted by molar-refractivity contribution is 6.31. The van der Waals surface area contributed by atoms with Crippen molar-refractivity contribution in [2.45, 2.75) is 13.2 Å². The van der Waals surface area contributed by atoms with Crippen LogP contribution in [-0.2, 0) is 6.61 Å². The van der Waals surface area contributed by atoms with E-state index in [0.717, 1.165) is 24.5 Å². The molecule has 0 amide bonds. The number of aliphatic hydroxyl groups excluding tert-OH is 1. The molecule has 2 rings (SSSR count). The Morgan fingerprint density at radius 1 is 1.30 bits per heavy atom. The Balaban J connectivity index is 2.04. The second-order valence-corrected chi connectivity index (χ2v) is 4.77. The van der Waals surface area contributed by atoms with E-state index in [-0.39, 0.29) is 29.7 Å². The fourth-order valence-corrected chi connectivity index (χ4v) is 1.72. The first-order valence-corrected chi connectivity index (χ1v) is 7.23. The molecule has 0 atom stereocenters. The molecule has 0 unspecified atom stereocenters. The number of benzene rings is 1. The third-order valence-electron chi connectivity index (χ3n) is 2.95. The summed E-state index contributed by atoms with van der Waals surface area (Å²) in [6.45, 7) is -4.09. The number of aliphatic hydroxyl groups is 1. The van der Waals surface area contributed by atoms with Crippen molar-refractivity contribution in [2.75, 3.05) is 6.61 Å². The Hall–Kier alpha value is -3.28. The summed E-state index contributed by atoms with van der Waals surface area (Å²) in [6.07, 6.45) is 1.96. The van der Waals surface area contributed by atoms with Crippen LogP contribution in [0.5, 0.6) is 11.8 Å². The summed E-state index contributed by atoms with van der Waals surface area (Å²) < 4.78 is 60.2. The zero-order chi connectivity index (χ0) is 19.8. The smallest absolute Gasteiger partial charge is 0.387 e. The number of rotatable bonds is 8. The van der Waals surface area contributed by atoms with Gasteiger partial charge >= 0.3 is 12.6 Å². The van der Waals surface area contributed by atoms with Crippen LogP contribution in [-0.4, -0.2) is 40.2 Å². The fraction of sp³-hybridized carbons (Fsp3) is 0.200. The third-order valence-corrected chi connectivity index (χ3v) is 2.95. The number of aromatic nitrogens is 2. The van der Waals surface area contributed by atoms with Gasteiger partial charge in [-0.2, -0.15) is 18.9 Å². The van der Waals surface area contributed by atoms with Crippen LogP contribution in [0.1, 0.15) is 5.69 Å². The molecule has 144 valence electrons. The van der Waals surface area contributed by atoms with Gasteiger partial charge in [0.2, 0.25) is 0 Å². The van der Waals surface area contributed by atoms with Gasteiger partial charge in [0.1, 0.15) is 18.0 Å². The average molecular weight is 387 g/mol. The van der Waals surface area contributed by atoms with E-state index in [1.807, 2.05) is 0 Å². The molecule has 1 heterocycles. The maximum Gasteiger partial charge on any atom is 0.387 e. The molecule has 0 aliphatic heterocycles. The van der Waals surface area contributed by atoms with Gasteiger partial charge in [-0.05, 0) is 12.1 Å². The number of halogens is 4. The molecule has 0 aliphatic rings. The molecule has 0 radical (unpaired) electrons. The summed E-state index contributed by atoms with van der Waals surface area (Å²) in [7, 11) is 0. The first-order chi connectivity index (χ1) is 12.9. The molecule has 1 aromatic carbocycles. The summed E-state index contributed by atoms with van der Waals surface area (Å²) in [5.74, 6) is 2.76. The molecule has 0 saturated heterocycles.